The molecule has 1 aromatic heterocycles. The molecule has 0 aliphatic heterocycles. The standard InChI is InChI=1S/C30H34N2O3S/c1-6-16-35-24-15-12-20(17-25(24)34-5)19-31-29-27(28(33)32-22-10-8-7-9-11-22)23-14-13-21(30(2,3)4)18-26(23)36-29/h6-12,15,17,19,21H,1,13-14,16,18H2,2-5H3,(H,32,33)/t21-/m1/s1. The zero-order valence-corrected chi connectivity index (χ0v) is 22.3. The summed E-state index contributed by atoms with van der Waals surface area (Å²) in [5.41, 5.74) is 3.71. The van der Waals surface area contributed by atoms with Crippen molar-refractivity contribution >= 4 is 34.1 Å². The molecule has 5 nitrogen and oxygen atoms in total. The van der Waals surface area contributed by atoms with Crippen molar-refractivity contribution in [3.63, 3.8) is 0 Å². The zero-order valence-electron chi connectivity index (χ0n) is 21.5. The van der Waals surface area contributed by atoms with Crippen molar-refractivity contribution in [1.29, 1.82) is 0 Å². The van der Waals surface area contributed by atoms with Crippen molar-refractivity contribution in [3.8, 4) is 11.5 Å². The van der Waals surface area contributed by atoms with Crippen LogP contribution < -0.4 is 14.8 Å². The van der Waals surface area contributed by atoms with E-state index < -0.39 is 0 Å². The second-order valence-electron chi connectivity index (χ2n) is 10.1. The highest BCUT2D eigenvalue weighted by atomic mass is 32.1. The molecule has 0 unspecified atom stereocenters. The fourth-order valence-electron chi connectivity index (χ4n) is 4.52. The van der Waals surface area contributed by atoms with E-state index in [1.54, 1.807) is 30.7 Å². The van der Waals surface area contributed by atoms with E-state index in [1.807, 2.05) is 48.5 Å². The predicted molar refractivity (Wildman–Crippen MR) is 150 cm³/mol. The molecule has 0 fully saturated rings. The number of carbonyl (C=O) groups is 1. The third kappa shape index (κ3) is 5.88. The fourth-order valence-corrected chi connectivity index (χ4v) is 5.79. The summed E-state index contributed by atoms with van der Waals surface area (Å²) in [6.45, 7) is 11.0. The van der Waals surface area contributed by atoms with Gasteiger partial charge in [0.2, 0.25) is 0 Å². The van der Waals surface area contributed by atoms with Gasteiger partial charge in [0.05, 0.1) is 12.7 Å². The molecule has 1 N–H and O–H groups in total. The minimum Gasteiger partial charge on any atom is -0.493 e. The van der Waals surface area contributed by atoms with Crippen LogP contribution in [0.5, 0.6) is 11.5 Å². The van der Waals surface area contributed by atoms with E-state index in [4.69, 9.17) is 14.5 Å². The Balaban J connectivity index is 1.67. The van der Waals surface area contributed by atoms with Crippen LogP contribution in [-0.4, -0.2) is 25.8 Å². The number of ether oxygens (including phenoxy) is 2. The van der Waals surface area contributed by atoms with E-state index in [0.29, 0.717) is 29.6 Å². The molecule has 1 aliphatic carbocycles. The number of hydrogen-bond donors (Lipinski definition) is 1. The van der Waals surface area contributed by atoms with E-state index >= 15 is 0 Å². The highest BCUT2D eigenvalue weighted by Gasteiger charge is 2.33. The average molecular weight is 503 g/mol. The summed E-state index contributed by atoms with van der Waals surface area (Å²) >= 11 is 1.64. The number of para-hydroxylation sites is 1. The molecule has 0 saturated carbocycles. The quantitative estimate of drug-likeness (QED) is 0.257. The first-order valence-corrected chi connectivity index (χ1v) is 13.1. The third-order valence-electron chi connectivity index (χ3n) is 6.61. The molecule has 3 aromatic rings. The Bertz CT molecular complexity index is 1260. The van der Waals surface area contributed by atoms with Gasteiger partial charge in [0.1, 0.15) is 11.6 Å². The smallest absolute Gasteiger partial charge is 0.259 e. The van der Waals surface area contributed by atoms with Crippen LogP contribution in [0.4, 0.5) is 10.7 Å². The van der Waals surface area contributed by atoms with Crippen LogP contribution in [0.1, 0.15) is 53.6 Å². The topological polar surface area (TPSA) is 59.9 Å². The van der Waals surface area contributed by atoms with E-state index in [9.17, 15) is 4.79 Å². The van der Waals surface area contributed by atoms with Gasteiger partial charge in [-0.15, -0.1) is 11.3 Å². The van der Waals surface area contributed by atoms with Gasteiger partial charge in [-0.3, -0.25) is 4.79 Å². The SMILES string of the molecule is C=CCOc1ccc(C=Nc2sc3c(c2C(=O)Nc2ccccc2)CC[C@@H](C(C)(C)C)C3)cc1OC. The molecule has 0 spiro atoms. The van der Waals surface area contributed by atoms with Crippen molar-refractivity contribution in [2.24, 2.45) is 16.3 Å². The third-order valence-corrected chi connectivity index (χ3v) is 7.77. The Morgan fingerprint density at radius 3 is 2.67 bits per heavy atom. The maximum atomic E-state index is 13.5. The molecule has 1 heterocycles. The minimum absolute atomic E-state index is 0.106. The van der Waals surface area contributed by atoms with Crippen LogP contribution in [0.2, 0.25) is 0 Å². The van der Waals surface area contributed by atoms with E-state index in [0.717, 1.165) is 41.1 Å². The summed E-state index contributed by atoms with van der Waals surface area (Å²) in [5.74, 6) is 1.75. The monoisotopic (exact) mass is 502 g/mol. The number of benzene rings is 2. The van der Waals surface area contributed by atoms with Gasteiger partial charge in [-0.05, 0) is 72.1 Å². The first kappa shape index (κ1) is 25.7. The highest BCUT2D eigenvalue weighted by molar-refractivity contribution is 7.16. The van der Waals surface area contributed by atoms with Crippen molar-refractivity contribution in [2.45, 2.75) is 40.0 Å². The number of nitrogens with one attached hydrogen (secondary N) is 1. The van der Waals surface area contributed by atoms with Gasteiger partial charge in [0.15, 0.2) is 11.5 Å². The molecule has 2 aromatic carbocycles. The van der Waals surface area contributed by atoms with Gasteiger partial charge >= 0.3 is 0 Å². The molecular formula is C30H34N2O3S. The van der Waals surface area contributed by atoms with Gasteiger partial charge in [-0.25, -0.2) is 4.99 Å². The van der Waals surface area contributed by atoms with Crippen molar-refractivity contribution in [3.05, 3.63) is 82.8 Å². The van der Waals surface area contributed by atoms with Gasteiger partial charge in [0.25, 0.3) is 5.91 Å². The first-order valence-electron chi connectivity index (χ1n) is 12.3. The number of thiophene rings is 1. The van der Waals surface area contributed by atoms with Crippen molar-refractivity contribution in [1.82, 2.24) is 0 Å². The van der Waals surface area contributed by atoms with Crippen LogP contribution in [0.15, 0.2) is 66.2 Å². The summed E-state index contributed by atoms with van der Waals surface area (Å²) in [5, 5.41) is 3.81. The summed E-state index contributed by atoms with van der Waals surface area (Å²) < 4.78 is 11.1. The van der Waals surface area contributed by atoms with Crippen molar-refractivity contribution < 1.29 is 14.3 Å². The Morgan fingerprint density at radius 2 is 1.97 bits per heavy atom. The lowest BCUT2D eigenvalue weighted by Crippen LogP contribution is -2.27. The maximum Gasteiger partial charge on any atom is 0.259 e. The number of hydrogen-bond acceptors (Lipinski definition) is 5. The Kier molecular flexibility index (Phi) is 7.94. The summed E-state index contributed by atoms with van der Waals surface area (Å²) in [7, 11) is 1.61. The molecule has 36 heavy (non-hydrogen) atoms. The summed E-state index contributed by atoms with van der Waals surface area (Å²) in [6, 6.07) is 15.2. The number of carbonyl (C=O) groups excluding carboxylic acids is 1. The molecule has 188 valence electrons. The highest BCUT2D eigenvalue weighted by Crippen LogP contribution is 2.45. The average Bonchev–Trinajstić information content (AvgIpc) is 3.24. The van der Waals surface area contributed by atoms with Crippen LogP contribution >= 0.6 is 11.3 Å². The molecule has 0 bridgehead atoms. The van der Waals surface area contributed by atoms with E-state index in [2.05, 4.69) is 32.7 Å². The molecule has 0 saturated heterocycles. The second kappa shape index (κ2) is 11.1. The molecule has 4 rings (SSSR count). The summed E-state index contributed by atoms with van der Waals surface area (Å²) in [6.07, 6.45) is 6.43. The van der Waals surface area contributed by atoms with Gasteiger partial charge in [0, 0.05) is 16.8 Å². The van der Waals surface area contributed by atoms with Crippen LogP contribution in [0, 0.1) is 11.3 Å². The number of anilines is 1. The van der Waals surface area contributed by atoms with Gasteiger partial charge in [-0.2, -0.15) is 0 Å². The number of fused-ring (bicyclic) bond motifs is 1. The Hall–Kier alpha value is -3.38. The van der Waals surface area contributed by atoms with Crippen molar-refractivity contribution in [2.75, 3.05) is 19.0 Å². The number of aliphatic imine (C=N–C) groups is 1. The minimum atomic E-state index is -0.106. The molecule has 1 aliphatic rings. The van der Waals surface area contributed by atoms with Crippen LogP contribution in [-0.2, 0) is 12.8 Å². The van der Waals surface area contributed by atoms with Crippen LogP contribution in [0.3, 0.4) is 0 Å². The van der Waals surface area contributed by atoms with Crippen LogP contribution in [0.25, 0.3) is 0 Å². The normalized spacial score (nSPS) is 15.4. The maximum absolute atomic E-state index is 13.5. The molecule has 0 radical (unpaired) electrons. The Morgan fingerprint density at radius 1 is 1.19 bits per heavy atom. The Labute approximate surface area is 217 Å². The predicted octanol–water partition coefficient (Wildman–Crippen LogP) is 7.48. The fraction of sp³-hybridized carbons (Fsp3) is 0.333. The number of methoxy groups -OCH3 is 1. The lowest BCUT2D eigenvalue weighted by Gasteiger charge is -2.33. The van der Waals surface area contributed by atoms with Gasteiger partial charge < -0.3 is 14.8 Å². The van der Waals surface area contributed by atoms with E-state index in [1.165, 1.54) is 4.88 Å². The molecule has 6 heteroatoms. The summed E-state index contributed by atoms with van der Waals surface area (Å²) in [4.78, 5) is 19.6. The molecular weight excluding hydrogens is 468 g/mol. The second-order valence-corrected chi connectivity index (χ2v) is 11.2. The number of nitrogens with zero attached hydrogens (tertiary/aromatic N) is 1. The van der Waals surface area contributed by atoms with E-state index in [-0.39, 0.29) is 11.3 Å². The first-order chi connectivity index (χ1) is 17.3. The molecule has 1 atom stereocenters. The lowest BCUT2D eigenvalue weighted by atomic mass is 9.72. The van der Waals surface area contributed by atoms with Gasteiger partial charge in [-0.1, -0.05) is 51.6 Å². The zero-order chi connectivity index (χ0) is 25.7. The molecule has 1 amide bonds. The lowest BCUT2D eigenvalue weighted by molar-refractivity contribution is 0.102. The number of amides is 1. The largest absolute Gasteiger partial charge is 0.493 e. The number of rotatable bonds is 8.